The molecule has 1 fully saturated rings. The summed E-state index contributed by atoms with van der Waals surface area (Å²) in [5, 5.41) is 0. The molecule has 1 rings (SSSR count). The van der Waals surface area contributed by atoms with E-state index in [2.05, 4.69) is 24.2 Å². The van der Waals surface area contributed by atoms with Crippen LogP contribution in [-0.2, 0) is 9.53 Å². The van der Waals surface area contributed by atoms with E-state index in [0.717, 1.165) is 25.5 Å². The van der Waals surface area contributed by atoms with Crippen molar-refractivity contribution in [1.82, 2.24) is 10.3 Å². The number of hydrogen-bond acceptors (Lipinski definition) is 4. The van der Waals surface area contributed by atoms with Gasteiger partial charge in [0.25, 0.3) is 0 Å². The second kappa shape index (κ2) is 7.71. The molecule has 0 aliphatic heterocycles. The van der Waals surface area contributed by atoms with Crippen molar-refractivity contribution in [2.75, 3.05) is 20.3 Å². The maximum atomic E-state index is 11.2. The predicted molar refractivity (Wildman–Crippen MR) is 71.8 cm³/mol. The SMILES string of the molecule is COCCN(C(C)CCC(=O)NN)C(C)C1CC1. The van der Waals surface area contributed by atoms with Crippen LogP contribution in [-0.4, -0.2) is 43.2 Å². The van der Waals surface area contributed by atoms with Crippen LogP contribution in [0.15, 0.2) is 0 Å². The second-order valence-corrected chi connectivity index (χ2v) is 5.26. The third-order valence-electron chi connectivity index (χ3n) is 3.90. The lowest BCUT2D eigenvalue weighted by atomic mass is 10.1. The molecule has 0 saturated heterocycles. The summed E-state index contributed by atoms with van der Waals surface area (Å²) in [5.74, 6) is 5.84. The fourth-order valence-corrected chi connectivity index (χ4v) is 2.45. The van der Waals surface area contributed by atoms with Gasteiger partial charge in [-0.3, -0.25) is 15.1 Å². The Morgan fingerprint density at radius 3 is 2.67 bits per heavy atom. The smallest absolute Gasteiger partial charge is 0.233 e. The average Bonchev–Trinajstić information content (AvgIpc) is 3.20. The van der Waals surface area contributed by atoms with Crippen LogP contribution >= 0.6 is 0 Å². The maximum absolute atomic E-state index is 11.2. The molecule has 1 amide bonds. The molecule has 1 aliphatic rings. The van der Waals surface area contributed by atoms with Gasteiger partial charge in [-0.1, -0.05) is 0 Å². The highest BCUT2D eigenvalue weighted by Gasteiger charge is 2.33. The highest BCUT2D eigenvalue weighted by Crippen LogP contribution is 2.36. The second-order valence-electron chi connectivity index (χ2n) is 5.26. The van der Waals surface area contributed by atoms with Crippen LogP contribution in [0.4, 0.5) is 0 Å². The summed E-state index contributed by atoms with van der Waals surface area (Å²) in [4.78, 5) is 13.7. The van der Waals surface area contributed by atoms with E-state index in [0.29, 0.717) is 18.5 Å². The van der Waals surface area contributed by atoms with Gasteiger partial charge >= 0.3 is 0 Å². The van der Waals surface area contributed by atoms with Gasteiger partial charge in [-0.2, -0.15) is 0 Å². The number of carbonyl (C=O) groups is 1. The lowest BCUT2D eigenvalue weighted by Crippen LogP contribution is -2.44. The van der Waals surface area contributed by atoms with Gasteiger partial charge in [-0.15, -0.1) is 0 Å². The van der Waals surface area contributed by atoms with Gasteiger partial charge in [0.05, 0.1) is 6.61 Å². The molecule has 18 heavy (non-hydrogen) atoms. The number of amides is 1. The number of nitrogens with two attached hydrogens (primary N) is 1. The molecule has 0 aromatic heterocycles. The van der Waals surface area contributed by atoms with Gasteiger partial charge in [-0.05, 0) is 39.0 Å². The molecule has 5 heteroatoms. The standard InChI is InChI=1S/C13H27N3O2/c1-10(4-7-13(17)15-14)16(8-9-18-3)11(2)12-5-6-12/h10-12H,4-9,14H2,1-3H3,(H,15,17). The Labute approximate surface area is 110 Å². The van der Waals surface area contributed by atoms with E-state index >= 15 is 0 Å². The normalized spacial score (nSPS) is 18.7. The van der Waals surface area contributed by atoms with Gasteiger partial charge in [0.2, 0.25) is 5.91 Å². The number of carbonyl (C=O) groups excluding carboxylic acids is 1. The first-order valence-corrected chi connectivity index (χ1v) is 6.84. The van der Waals surface area contributed by atoms with Gasteiger partial charge in [0.15, 0.2) is 0 Å². The van der Waals surface area contributed by atoms with E-state index in [1.165, 1.54) is 12.8 Å². The summed E-state index contributed by atoms with van der Waals surface area (Å²) in [6.45, 7) is 6.13. The fraction of sp³-hybridized carbons (Fsp3) is 0.923. The van der Waals surface area contributed by atoms with Crippen molar-refractivity contribution >= 4 is 5.91 Å². The average molecular weight is 257 g/mol. The number of nitrogens with one attached hydrogen (secondary N) is 1. The van der Waals surface area contributed by atoms with E-state index in [9.17, 15) is 4.79 Å². The monoisotopic (exact) mass is 257 g/mol. The molecule has 0 radical (unpaired) electrons. The third kappa shape index (κ3) is 4.92. The molecule has 0 bridgehead atoms. The summed E-state index contributed by atoms with van der Waals surface area (Å²) >= 11 is 0. The molecule has 1 saturated carbocycles. The zero-order valence-electron chi connectivity index (χ0n) is 11.8. The van der Waals surface area contributed by atoms with Gasteiger partial charge in [-0.25, -0.2) is 5.84 Å². The van der Waals surface area contributed by atoms with E-state index in [1.54, 1.807) is 7.11 Å². The lowest BCUT2D eigenvalue weighted by Gasteiger charge is -2.34. The zero-order chi connectivity index (χ0) is 13.5. The Morgan fingerprint density at radius 2 is 2.17 bits per heavy atom. The summed E-state index contributed by atoms with van der Waals surface area (Å²) in [7, 11) is 1.73. The quantitative estimate of drug-likeness (QED) is 0.366. The van der Waals surface area contributed by atoms with Gasteiger partial charge in [0, 0.05) is 32.2 Å². The fourth-order valence-electron chi connectivity index (χ4n) is 2.45. The topological polar surface area (TPSA) is 67.6 Å². The Hall–Kier alpha value is -0.650. The number of methoxy groups -OCH3 is 1. The van der Waals surface area contributed by atoms with Crippen LogP contribution in [0.25, 0.3) is 0 Å². The third-order valence-corrected chi connectivity index (χ3v) is 3.90. The molecule has 2 atom stereocenters. The molecule has 1 aliphatic carbocycles. The molecule has 0 spiro atoms. The predicted octanol–water partition coefficient (Wildman–Crippen LogP) is 0.892. The maximum Gasteiger partial charge on any atom is 0.233 e. The number of nitrogens with zero attached hydrogens (tertiary/aromatic N) is 1. The molecular formula is C13H27N3O2. The molecule has 3 N–H and O–H groups in total. The molecule has 106 valence electrons. The molecule has 5 nitrogen and oxygen atoms in total. The van der Waals surface area contributed by atoms with Gasteiger partial charge in [0.1, 0.15) is 0 Å². The van der Waals surface area contributed by atoms with E-state index in [1.807, 2.05) is 0 Å². The van der Waals surface area contributed by atoms with Crippen LogP contribution in [0, 0.1) is 5.92 Å². The van der Waals surface area contributed by atoms with Crippen molar-refractivity contribution in [3.63, 3.8) is 0 Å². The van der Waals surface area contributed by atoms with Crippen LogP contribution in [0.5, 0.6) is 0 Å². The van der Waals surface area contributed by atoms with Crippen LogP contribution in [0.3, 0.4) is 0 Å². The van der Waals surface area contributed by atoms with E-state index in [4.69, 9.17) is 10.6 Å². The van der Waals surface area contributed by atoms with Crippen LogP contribution in [0.2, 0.25) is 0 Å². The minimum absolute atomic E-state index is 0.0902. The molecule has 2 unspecified atom stereocenters. The van der Waals surface area contributed by atoms with E-state index < -0.39 is 0 Å². The first-order chi connectivity index (χ1) is 8.60. The number of hydrogen-bond donors (Lipinski definition) is 2. The summed E-state index contributed by atoms with van der Waals surface area (Å²) in [6, 6.07) is 0.962. The first kappa shape index (κ1) is 15.4. The Kier molecular flexibility index (Phi) is 6.60. The van der Waals surface area contributed by atoms with Crippen molar-refractivity contribution < 1.29 is 9.53 Å². The minimum Gasteiger partial charge on any atom is -0.383 e. The highest BCUT2D eigenvalue weighted by molar-refractivity contribution is 5.75. The Morgan fingerprint density at radius 1 is 1.50 bits per heavy atom. The summed E-state index contributed by atoms with van der Waals surface area (Å²) in [5.41, 5.74) is 2.18. The first-order valence-electron chi connectivity index (χ1n) is 6.84. The van der Waals surface area contributed by atoms with Crippen molar-refractivity contribution in [3.8, 4) is 0 Å². The van der Waals surface area contributed by atoms with Crippen LogP contribution < -0.4 is 11.3 Å². The zero-order valence-corrected chi connectivity index (χ0v) is 11.8. The molecular weight excluding hydrogens is 230 g/mol. The molecule has 0 aromatic carbocycles. The van der Waals surface area contributed by atoms with Crippen molar-refractivity contribution in [2.45, 2.75) is 51.6 Å². The van der Waals surface area contributed by atoms with Crippen LogP contribution in [0.1, 0.15) is 39.5 Å². The van der Waals surface area contributed by atoms with Gasteiger partial charge < -0.3 is 4.74 Å². The number of rotatable bonds is 9. The lowest BCUT2D eigenvalue weighted by molar-refractivity contribution is -0.121. The van der Waals surface area contributed by atoms with Crippen molar-refractivity contribution in [2.24, 2.45) is 11.8 Å². The van der Waals surface area contributed by atoms with E-state index in [-0.39, 0.29) is 5.91 Å². The molecule has 0 heterocycles. The summed E-state index contributed by atoms with van der Waals surface area (Å²) in [6.07, 6.45) is 3.99. The number of hydrazine groups is 1. The minimum atomic E-state index is -0.0902. The summed E-state index contributed by atoms with van der Waals surface area (Å²) < 4.78 is 5.18. The Bertz CT molecular complexity index is 257. The highest BCUT2D eigenvalue weighted by atomic mass is 16.5. The van der Waals surface area contributed by atoms with Crippen molar-refractivity contribution in [3.05, 3.63) is 0 Å². The molecule has 0 aromatic rings. The Balaban J connectivity index is 2.43. The largest absolute Gasteiger partial charge is 0.383 e. The number of ether oxygens (including phenoxy) is 1. The van der Waals surface area contributed by atoms with Crippen molar-refractivity contribution in [1.29, 1.82) is 0 Å².